The smallest absolute Gasteiger partial charge is 0.0973 e. The molecule has 2 heteroatoms. The Labute approximate surface area is 36.6 Å². The van der Waals surface area contributed by atoms with Crippen LogP contribution in [-0.4, -0.2) is 10.5 Å². The summed E-state index contributed by atoms with van der Waals surface area (Å²) in [6.45, 7) is 2.61. The summed E-state index contributed by atoms with van der Waals surface area (Å²) in [6, 6.07) is 0. The van der Waals surface area contributed by atoms with E-state index in [2.05, 4.69) is 0 Å². The van der Waals surface area contributed by atoms with Crippen LogP contribution in [0.15, 0.2) is 0 Å². The Hall–Kier alpha value is 0.250. The number of hydrogen-bond donors (Lipinski definition) is 1. The second kappa shape index (κ2) is 2.49. The van der Waals surface area contributed by atoms with Gasteiger partial charge in [0.2, 0.25) is 0 Å². The van der Waals surface area contributed by atoms with Crippen molar-refractivity contribution >= 4 is 11.6 Å². The van der Waals surface area contributed by atoms with Crippen LogP contribution in [0, 0.1) is 6.61 Å². The first-order valence-electron chi connectivity index (χ1n) is 1.39. The van der Waals surface area contributed by atoms with E-state index in [1.54, 1.807) is 6.92 Å². The normalized spacial score (nSPS) is 15.0. The summed E-state index contributed by atoms with van der Waals surface area (Å²) in [4.78, 5) is 0. The molecule has 1 N–H and O–H groups in total. The second-order valence-corrected chi connectivity index (χ2v) is 1.52. The zero-order valence-electron chi connectivity index (χ0n) is 2.98. The monoisotopic (exact) mass is 93.0 g/mol. The SMILES string of the molecule is CC(Cl)[CH]O. The van der Waals surface area contributed by atoms with Crippen LogP contribution in [0.25, 0.3) is 0 Å². The van der Waals surface area contributed by atoms with Crippen LogP contribution in [0.4, 0.5) is 0 Å². The lowest BCUT2D eigenvalue weighted by atomic mass is 10.5. The van der Waals surface area contributed by atoms with E-state index in [9.17, 15) is 0 Å². The van der Waals surface area contributed by atoms with E-state index in [4.69, 9.17) is 16.7 Å². The third-order valence-corrected chi connectivity index (χ3v) is 0.318. The zero-order chi connectivity index (χ0) is 4.28. The molecule has 1 atom stereocenters. The highest BCUT2D eigenvalue weighted by Crippen LogP contribution is 1.91. The van der Waals surface area contributed by atoms with Crippen molar-refractivity contribution in [3.63, 3.8) is 0 Å². The Morgan fingerprint density at radius 3 is 2.20 bits per heavy atom. The topological polar surface area (TPSA) is 20.2 Å². The molecule has 0 spiro atoms. The summed E-state index contributed by atoms with van der Waals surface area (Å²) in [5.41, 5.74) is 0. The number of hydrogen-bond acceptors (Lipinski definition) is 1. The molecule has 0 aromatic carbocycles. The van der Waals surface area contributed by atoms with E-state index in [0.29, 0.717) is 0 Å². The van der Waals surface area contributed by atoms with Crippen LogP contribution in [0.5, 0.6) is 0 Å². The largest absolute Gasteiger partial charge is 0.389 e. The average molecular weight is 93.5 g/mol. The fourth-order valence-corrected chi connectivity index (χ4v) is 0. The summed E-state index contributed by atoms with van der Waals surface area (Å²) in [5, 5.41) is 7.67. The van der Waals surface area contributed by atoms with Gasteiger partial charge >= 0.3 is 0 Å². The number of halogens is 1. The molecule has 0 aliphatic heterocycles. The number of rotatable bonds is 1. The van der Waals surface area contributed by atoms with Crippen molar-refractivity contribution in [1.82, 2.24) is 0 Å². The molecule has 0 rings (SSSR count). The van der Waals surface area contributed by atoms with Crippen LogP contribution in [0.2, 0.25) is 0 Å². The molecule has 31 valence electrons. The third-order valence-electron chi connectivity index (χ3n) is 0.205. The van der Waals surface area contributed by atoms with Gasteiger partial charge in [-0.15, -0.1) is 11.6 Å². The van der Waals surface area contributed by atoms with Crippen molar-refractivity contribution in [2.45, 2.75) is 12.3 Å². The van der Waals surface area contributed by atoms with E-state index in [0.717, 1.165) is 6.61 Å². The van der Waals surface area contributed by atoms with Crippen molar-refractivity contribution in [2.75, 3.05) is 0 Å². The summed E-state index contributed by atoms with van der Waals surface area (Å²) >= 11 is 5.16. The lowest BCUT2D eigenvalue weighted by Gasteiger charge is -1.85. The van der Waals surface area contributed by atoms with Gasteiger partial charge in [-0.3, -0.25) is 0 Å². The van der Waals surface area contributed by atoms with Gasteiger partial charge < -0.3 is 5.11 Å². The second-order valence-electron chi connectivity index (χ2n) is 0.827. The van der Waals surface area contributed by atoms with Crippen molar-refractivity contribution in [2.24, 2.45) is 0 Å². The summed E-state index contributed by atoms with van der Waals surface area (Å²) in [5.74, 6) is 0. The molecule has 0 saturated carbocycles. The molecule has 0 heterocycles. The number of aliphatic hydroxyl groups excluding tert-OH is 1. The Morgan fingerprint density at radius 1 is 2.00 bits per heavy atom. The quantitative estimate of drug-likeness (QED) is 0.482. The minimum absolute atomic E-state index is 0.213. The van der Waals surface area contributed by atoms with Crippen LogP contribution >= 0.6 is 11.6 Å². The van der Waals surface area contributed by atoms with E-state index < -0.39 is 0 Å². The molecule has 0 amide bonds. The Kier molecular flexibility index (Phi) is 2.61. The highest BCUT2D eigenvalue weighted by atomic mass is 35.5. The standard InChI is InChI=1S/C3H6ClO/c1-3(4)2-5/h2-3,5H,1H3. The molecule has 0 fully saturated rings. The van der Waals surface area contributed by atoms with Crippen molar-refractivity contribution in [1.29, 1.82) is 0 Å². The van der Waals surface area contributed by atoms with Gasteiger partial charge in [0.05, 0.1) is 12.0 Å². The third kappa shape index (κ3) is 4.25. The molecular formula is C3H6ClO. The van der Waals surface area contributed by atoms with Crippen molar-refractivity contribution < 1.29 is 5.11 Å². The van der Waals surface area contributed by atoms with E-state index in [1.807, 2.05) is 0 Å². The fraction of sp³-hybridized carbons (Fsp3) is 0.667. The first-order valence-corrected chi connectivity index (χ1v) is 1.82. The lowest BCUT2D eigenvalue weighted by Crippen LogP contribution is -1.86. The minimum atomic E-state index is -0.213. The van der Waals surface area contributed by atoms with E-state index in [-0.39, 0.29) is 5.38 Å². The molecule has 0 aromatic heterocycles. The van der Waals surface area contributed by atoms with Gasteiger partial charge in [0.1, 0.15) is 0 Å². The maximum absolute atomic E-state index is 7.89. The average Bonchev–Trinajstić information content (AvgIpc) is 1.38. The lowest BCUT2D eigenvalue weighted by molar-refractivity contribution is 0.383. The van der Waals surface area contributed by atoms with Gasteiger partial charge in [-0.1, -0.05) is 0 Å². The van der Waals surface area contributed by atoms with Gasteiger partial charge in [-0.25, -0.2) is 0 Å². The van der Waals surface area contributed by atoms with Crippen molar-refractivity contribution in [3.8, 4) is 0 Å². The predicted molar refractivity (Wildman–Crippen MR) is 21.6 cm³/mol. The first kappa shape index (κ1) is 5.25. The maximum Gasteiger partial charge on any atom is 0.0973 e. The molecule has 0 saturated heterocycles. The first-order chi connectivity index (χ1) is 2.27. The number of alkyl halides is 1. The molecule has 1 nitrogen and oxygen atoms in total. The van der Waals surface area contributed by atoms with E-state index in [1.165, 1.54) is 0 Å². The summed E-state index contributed by atoms with van der Waals surface area (Å²) in [6.07, 6.45) is 0. The fourth-order valence-electron chi connectivity index (χ4n) is 0. The van der Waals surface area contributed by atoms with Crippen LogP contribution in [0.3, 0.4) is 0 Å². The van der Waals surface area contributed by atoms with Gasteiger partial charge in [0, 0.05) is 0 Å². The maximum atomic E-state index is 7.89. The highest BCUT2D eigenvalue weighted by molar-refractivity contribution is 6.21. The molecule has 0 aliphatic carbocycles. The Morgan fingerprint density at radius 2 is 2.20 bits per heavy atom. The van der Waals surface area contributed by atoms with Crippen LogP contribution < -0.4 is 0 Å². The Balaban J connectivity index is 2.54. The van der Waals surface area contributed by atoms with Gasteiger partial charge in [-0.05, 0) is 6.92 Å². The minimum Gasteiger partial charge on any atom is -0.389 e. The van der Waals surface area contributed by atoms with Gasteiger partial charge in [-0.2, -0.15) is 0 Å². The van der Waals surface area contributed by atoms with Crippen LogP contribution in [0.1, 0.15) is 6.92 Å². The van der Waals surface area contributed by atoms with Gasteiger partial charge in [0.15, 0.2) is 0 Å². The molecule has 0 bridgehead atoms. The zero-order valence-corrected chi connectivity index (χ0v) is 3.74. The van der Waals surface area contributed by atoms with Crippen molar-refractivity contribution in [3.05, 3.63) is 6.61 Å². The number of aliphatic hydroxyl groups is 1. The molecule has 0 aliphatic rings. The Bertz CT molecular complexity index is 20.9. The molecule has 5 heavy (non-hydrogen) atoms. The summed E-state index contributed by atoms with van der Waals surface area (Å²) in [7, 11) is 0. The highest BCUT2D eigenvalue weighted by Gasteiger charge is 1.86. The van der Waals surface area contributed by atoms with Gasteiger partial charge in [0.25, 0.3) is 0 Å². The molecule has 1 radical (unpaired) electrons. The summed E-state index contributed by atoms with van der Waals surface area (Å²) < 4.78 is 0. The molecular weight excluding hydrogens is 87.5 g/mol. The molecule has 0 aromatic rings. The predicted octanol–water partition coefficient (Wildman–Crippen LogP) is 1.15. The van der Waals surface area contributed by atoms with Crippen LogP contribution in [-0.2, 0) is 0 Å². The van der Waals surface area contributed by atoms with E-state index >= 15 is 0 Å². The molecule has 1 unspecified atom stereocenters.